The van der Waals surface area contributed by atoms with Gasteiger partial charge in [-0.3, -0.25) is 14.6 Å². The van der Waals surface area contributed by atoms with Gasteiger partial charge < -0.3 is 0 Å². The molecule has 1 heterocycles. The third-order valence-corrected chi connectivity index (χ3v) is 7.44. The van der Waals surface area contributed by atoms with Crippen LogP contribution in [0.5, 0.6) is 0 Å². The van der Waals surface area contributed by atoms with E-state index in [2.05, 4.69) is 54.3 Å². The quantitative estimate of drug-likeness (QED) is 0.455. The monoisotopic (exact) mass is 438 g/mol. The summed E-state index contributed by atoms with van der Waals surface area (Å²) >= 11 is 7.09. The Hall–Kier alpha value is -2.09. The second kappa shape index (κ2) is 7.87. The number of rotatable bonds is 7. The van der Waals surface area contributed by atoms with Crippen molar-refractivity contribution in [3.8, 4) is 0 Å². The maximum Gasteiger partial charge on any atom is 0.225 e. The molecule has 0 radical (unpaired) electrons. The second-order valence-corrected chi connectivity index (χ2v) is 10.0. The number of carbonyl (C=O) groups is 1. The van der Waals surface area contributed by atoms with Gasteiger partial charge in [0.1, 0.15) is 0 Å². The van der Waals surface area contributed by atoms with Crippen molar-refractivity contribution in [3.63, 3.8) is 0 Å². The van der Waals surface area contributed by atoms with E-state index in [1.54, 1.807) is 6.92 Å². The first kappa shape index (κ1) is 19.8. The average Bonchev–Trinajstić information content (AvgIpc) is 3.65. The van der Waals surface area contributed by atoms with Crippen LogP contribution in [0.4, 0.5) is 5.13 Å². The Bertz CT molecular complexity index is 1140. The Kier molecular flexibility index (Phi) is 5.21. The Labute approximate surface area is 185 Å². The van der Waals surface area contributed by atoms with E-state index in [1.165, 1.54) is 40.5 Å². The normalized spacial score (nSPS) is 17.4. The SMILES string of the molecule is CC(=O)N(c1nn(CN(C2CC2)[C@H](C)c2cccc3ccccc23)c(=S)s1)C1CC1. The molecule has 0 spiro atoms. The van der Waals surface area contributed by atoms with Crippen LogP contribution in [0, 0.1) is 3.95 Å². The van der Waals surface area contributed by atoms with Crippen LogP contribution in [0.3, 0.4) is 0 Å². The van der Waals surface area contributed by atoms with Gasteiger partial charge in [-0.1, -0.05) is 53.8 Å². The molecule has 5 nitrogen and oxygen atoms in total. The van der Waals surface area contributed by atoms with Gasteiger partial charge in [0.2, 0.25) is 11.0 Å². The molecule has 2 aliphatic carbocycles. The highest BCUT2D eigenvalue weighted by molar-refractivity contribution is 7.73. The van der Waals surface area contributed by atoms with Crippen molar-refractivity contribution in [2.24, 2.45) is 0 Å². The highest BCUT2D eigenvalue weighted by atomic mass is 32.1. The average molecular weight is 439 g/mol. The summed E-state index contributed by atoms with van der Waals surface area (Å²) in [4.78, 5) is 16.5. The van der Waals surface area contributed by atoms with E-state index < -0.39 is 0 Å². The van der Waals surface area contributed by atoms with E-state index in [-0.39, 0.29) is 11.9 Å². The molecule has 3 aromatic rings. The minimum atomic E-state index is 0.0524. The maximum absolute atomic E-state index is 12.1. The van der Waals surface area contributed by atoms with Crippen molar-refractivity contribution in [1.82, 2.24) is 14.7 Å². The fourth-order valence-electron chi connectivity index (χ4n) is 4.27. The summed E-state index contributed by atoms with van der Waals surface area (Å²) in [5.74, 6) is 0.0524. The van der Waals surface area contributed by atoms with Gasteiger partial charge in [0.15, 0.2) is 3.95 Å². The van der Waals surface area contributed by atoms with E-state index in [0.717, 1.165) is 21.9 Å². The van der Waals surface area contributed by atoms with Crippen molar-refractivity contribution in [2.45, 2.75) is 64.3 Å². The molecule has 2 fully saturated rings. The predicted molar refractivity (Wildman–Crippen MR) is 124 cm³/mol. The highest BCUT2D eigenvalue weighted by Crippen LogP contribution is 2.38. The molecular weight excluding hydrogens is 412 g/mol. The maximum atomic E-state index is 12.1. The zero-order valence-corrected chi connectivity index (χ0v) is 19.0. The van der Waals surface area contributed by atoms with Crippen LogP contribution in [0.15, 0.2) is 42.5 Å². The molecule has 0 aliphatic heterocycles. The third-order valence-electron chi connectivity index (χ3n) is 6.14. The highest BCUT2D eigenvalue weighted by Gasteiger charge is 2.36. The molecule has 1 amide bonds. The first-order chi connectivity index (χ1) is 14.5. The predicted octanol–water partition coefficient (Wildman–Crippen LogP) is 5.53. The Morgan fingerprint density at radius 1 is 1.17 bits per heavy atom. The topological polar surface area (TPSA) is 41.4 Å². The molecule has 0 bridgehead atoms. The lowest BCUT2D eigenvalue weighted by molar-refractivity contribution is -0.116. The van der Waals surface area contributed by atoms with Crippen molar-refractivity contribution in [3.05, 3.63) is 52.0 Å². The molecule has 2 aromatic carbocycles. The fraction of sp³-hybridized carbons (Fsp3) is 0.435. The van der Waals surface area contributed by atoms with Gasteiger partial charge >= 0.3 is 0 Å². The van der Waals surface area contributed by atoms with Crippen LogP contribution in [0.2, 0.25) is 0 Å². The van der Waals surface area contributed by atoms with Crippen LogP contribution in [-0.2, 0) is 11.5 Å². The molecule has 2 aliphatic rings. The van der Waals surface area contributed by atoms with Crippen molar-refractivity contribution >= 4 is 45.4 Å². The Morgan fingerprint density at radius 2 is 1.87 bits per heavy atom. The zero-order chi connectivity index (χ0) is 20.8. The van der Waals surface area contributed by atoms with Crippen molar-refractivity contribution in [2.75, 3.05) is 4.90 Å². The van der Waals surface area contributed by atoms with E-state index in [0.29, 0.717) is 18.8 Å². The standard InChI is InChI=1S/C23H26N4OS2/c1-15(20-9-5-7-17-6-3-4-8-21(17)20)25(18-10-11-18)14-26-23(29)30-22(24-26)27(16(2)28)19-12-13-19/h3-9,15,18-19H,10-14H2,1-2H3/t15-/m1/s1. The molecule has 1 aromatic heterocycles. The van der Waals surface area contributed by atoms with Crippen LogP contribution >= 0.6 is 23.6 Å². The number of hydrogen-bond donors (Lipinski definition) is 0. The number of aromatic nitrogens is 2. The van der Waals surface area contributed by atoms with Gasteiger partial charge in [0, 0.05) is 25.0 Å². The minimum absolute atomic E-state index is 0.0524. The third kappa shape index (κ3) is 3.82. The van der Waals surface area contributed by atoms with Crippen molar-refractivity contribution < 1.29 is 4.79 Å². The molecule has 7 heteroatoms. The van der Waals surface area contributed by atoms with Gasteiger partial charge in [0.05, 0.1) is 6.67 Å². The fourth-order valence-corrected chi connectivity index (χ4v) is 5.47. The molecular formula is C23H26N4OS2. The van der Waals surface area contributed by atoms with E-state index >= 15 is 0 Å². The van der Waals surface area contributed by atoms with Crippen LogP contribution in [0.1, 0.15) is 51.1 Å². The van der Waals surface area contributed by atoms with Crippen LogP contribution < -0.4 is 4.90 Å². The Balaban J connectivity index is 1.45. The van der Waals surface area contributed by atoms with E-state index in [1.807, 2.05) is 9.58 Å². The number of nitrogens with zero attached hydrogens (tertiary/aromatic N) is 4. The largest absolute Gasteiger partial charge is 0.284 e. The van der Waals surface area contributed by atoms with Gasteiger partial charge in [-0.15, -0.1) is 5.10 Å². The van der Waals surface area contributed by atoms with E-state index in [4.69, 9.17) is 17.3 Å². The smallest absolute Gasteiger partial charge is 0.225 e. The number of benzene rings is 2. The molecule has 0 saturated heterocycles. The van der Waals surface area contributed by atoms with Crippen LogP contribution in [-0.4, -0.2) is 32.7 Å². The molecule has 0 N–H and O–H groups in total. The molecule has 5 rings (SSSR count). The lowest BCUT2D eigenvalue weighted by atomic mass is 9.99. The second-order valence-electron chi connectivity index (χ2n) is 8.40. The first-order valence-electron chi connectivity index (χ1n) is 10.6. The molecule has 30 heavy (non-hydrogen) atoms. The summed E-state index contributed by atoms with van der Waals surface area (Å²) in [7, 11) is 0. The van der Waals surface area contributed by atoms with Crippen LogP contribution in [0.25, 0.3) is 10.8 Å². The summed E-state index contributed by atoms with van der Waals surface area (Å²) in [6.07, 6.45) is 4.53. The minimum Gasteiger partial charge on any atom is -0.284 e. The Morgan fingerprint density at radius 3 is 2.57 bits per heavy atom. The summed E-state index contributed by atoms with van der Waals surface area (Å²) < 4.78 is 2.64. The molecule has 156 valence electrons. The zero-order valence-electron chi connectivity index (χ0n) is 17.3. The number of fused-ring (bicyclic) bond motifs is 1. The summed E-state index contributed by atoms with van der Waals surface area (Å²) in [6.45, 7) is 4.55. The van der Waals surface area contributed by atoms with Gasteiger partial charge in [-0.2, -0.15) is 0 Å². The number of hydrogen-bond acceptors (Lipinski definition) is 5. The van der Waals surface area contributed by atoms with E-state index in [9.17, 15) is 4.79 Å². The number of carbonyl (C=O) groups excluding carboxylic acids is 1. The lowest BCUT2D eigenvalue weighted by Gasteiger charge is -2.30. The van der Waals surface area contributed by atoms with Gasteiger partial charge in [-0.25, -0.2) is 4.68 Å². The van der Waals surface area contributed by atoms with Gasteiger partial charge in [0.25, 0.3) is 0 Å². The lowest BCUT2D eigenvalue weighted by Crippen LogP contribution is -2.33. The summed E-state index contributed by atoms with van der Waals surface area (Å²) in [6, 6.07) is 16.2. The van der Waals surface area contributed by atoms with Gasteiger partial charge in [-0.05, 0) is 61.2 Å². The molecule has 0 unspecified atom stereocenters. The number of amides is 1. The molecule has 2 saturated carbocycles. The number of anilines is 1. The first-order valence-corrected chi connectivity index (χ1v) is 11.9. The summed E-state index contributed by atoms with van der Waals surface area (Å²) in [5.41, 5.74) is 1.34. The summed E-state index contributed by atoms with van der Waals surface area (Å²) in [5, 5.41) is 8.09. The van der Waals surface area contributed by atoms with Crippen molar-refractivity contribution in [1.29, 1.82) is 0 Å². The molecule has 1 atom stereocenters.